The first-order valence-electron chi connectivity index (χ1n) is 9.30. The van der Waals surface area contributed by atoms with E-state index in [1.54, 1.807) is 0 Å². The highest BCUT2D eigenvalue weighted by molar-refractivity contribution is 6.19. The molecule has 1 aromatic heterocycles. The molecule has 27 heavy (non-hydrogen) atoms. The molecule has 0 atom stereocenters. The molecule has 0 saturated carbocycles. The molecule has 0 bridgehead atoms. The van der Waals surface area contributed by atoms with Crippen LogP contribution in [0.4, 0.5) is 0 Å². The van der Waals surface area contributed by atoms with E-state index in [2.05, 4.69) is 102 Å². The largest absolute Gasteiger partial charge is 0.354 e. The third-order valence-corrected chi connectivity index (χ3v) is 5.58. The molecule has 0 aliphatic carbocycles. The van der Waals surface area contributed by atoms with E-state index < -0.39 is 0 Å². The summed E-state index contributed by atoms with van der Waals surface area (Å²) in [6, 6.07) is 34.8. The maximum Gasteiger partial charge on any atom is 0.0544 e. The summed E-state index contributed by atoms with van der Waals surface area (Å²) >= 11 is 0. The van der Waals surface area contributed by atoms with Gasteiger partial charge in [0.05, 0.1) is 5.52 Å². The lowest BCUT2D eigenvalue weighted by molar-refractivity contribution is 1.54. The third-order valence-electron chi connectivity index (χ3n) is 5.58. The molecule has 1 N–H and O–H groups in total. The van der Waals surface area contributed by atoms with Crippen LogP contribution < -0.4 is 0 Å². The summed E-state index contributed by atoms with van der Waals surface area (Å²) in [6.07, 6.45) is 0. The average molecular weight is 343 g/mol. The van der Waals surface area contributed by atoms with Gasteiger partial charge in [0.25, 0.3) is 0 Å². The number of benzene rings is 5. The van der Waals surface area contributed by atoms with Crippen LogP contribution in [0.15, 0.2) is 97.1 Å². The molecule has 5 aromatic carbocycles. The number of aromatic amines is 1. The minimum atomic E-state index is 1.18. The van der Waals surface area contributed by atoms with Crippen LogP contribution in [0.25, 0.3) is 54.5 Å². The van der Waals surface area contributed by atoms with Gasteiger partial charge in [-0.2, -0.15) is 0 Å². The van der Waals surface area contributed by atoms with Crippen LogP contribution in [0, 0.1) is 0 Å². The normalized spacial score (nSPS) is 11.7. The van der Waals surface area contributed by atoms with E-state index in [4.69, 9.17) is 0 Å². The smallest absolute Gasteiger partial charge is 0.0544 e. The van der Waals surface area contributed by atoms with Crippen LogP contribution >= 0.6 is 0 Å². The van der Waals surface area contributed by atoms with Gasteiger partial charge in [-0.3, -0.25) is 0 Å². The Bertz CT molecular complexity index is 1420. The van der Waals surface area contributed by atoms with Crippen LogP contribution in [0.5, 0.6) is 0 Å². The van der Waals surface area contributed by atoms with Crippen LogP contribution in [0.3, 0.4) is 0 Å². The van der Waals surface area contributed by atoms with Gasteiger partial charge >= 0.3 is 0 Å². The molecule has 0 radical (unpaired) electrons. The molecule has 0 aliphatic rings. The summed E-state index contributed by atoms with van der Waals surface area (Å²) in [4.78, 5) is 3.67. The Morgan fingerprint density at radius 1 is 0.481 bits per heavy atom. The van der Waals surface area contributed by atoms with Crippen molar-refractivity contribution in [3.05, 3.63) is 97.1 Å². The fraction of sp³-hybridized carbons (Fsp3) is 0. The number of fused-ring (bicyclic) bond motifs is 5. The minimum absolute atomic E-state index is 1.18. The molecule has 126 valence electrons. The highest BCUT2D eigenvalue weighted by atomic mass is 14.7. The van der Waals surface area contributed by atoms with Crippen LogP contribution in [-0.4, -0.2) is 4.98 Å². The van der Waals surface area contributed by atoms with Crippen molar-refractivity contribution in [3.8, 4) is 11.1 Å². The molecular formula is C26H17N. The predicted molar refractivity (Wildman–Crippen MR) is 116 cm³/mol. The number of para-hydroxylation sites is 2. The summed E-state index contributed by atoms with van der Waals surface area (Å²) in [5, 5.41) is 7.70. The first-order chi connectivity index (χ1) is 13.4. The summed E-state index contributed by atoms with van der Waals surface area (Å²) in [6.45, 7) is 0. The first-order valence-corrected chi connectivity index (χ1v) is 9.30. The van der Waals surface area contributed by atoms with E-state index in [-0.39, 0.29) is 0 Å². The molecule has 1 heterocycles. The zero-order valence-electron chi connectivity index (χ0n) is 14.7. The molecule has 1 heteroatoms. The van der Waals surface area contributed by atoms with Gasteiger partial charge in [-0.1, -0.05) is 84.9 Å². The van der Waals surface area contributed by atoms with E-state index in [1.807, 2.05) is 0 Å². The Balaban J connectivity index is 1.85. The quantitative estimate of drug-likeness (QED) is 0.302. The van der Waals surface area contributed by atoms with E-state index in [0.717, 1.165) is 0 Å². The number of hydrogen-bond acceptors (Lipinski definition) is 0. The van der Waals surface area contributed by atoms with Crippen molar-refractivity contribution in [1.82, 2.24) is 4.98 Å². The van der Waals surface area contributed by atoms with E-state index in [9.17, 15) is 0 Å². The minimum Gasteiger partial charge on any atom is -0.354 e. The number of nitrogens with one attached hydrogen (secondary N) is 1. The lowest BCUT2D eigenvalue weighted by atomic mass is 9.91. The second-order valence-corrected chi connectivity index (χ2v) is 7.09. The first kappa shape index (κ1) is 14.6. The van der Waals surface area contributed by atoms with Gasteiger partial charge in [-0.25, -0.2) is 0 Å². The zero-order valence-corrected chi connectivity index (χ0v) is 14.7. The molecule has 0 unspecified atom stereocenters. The van der Waals surface area contributed by atoms with Crippen molar-refractivity contribution in [2.75, 3.05) is 0 Å². The Hall–Kier alpha value is -3.58. The lowest BCUT2D eigenvalue weighted by Gasteiger charge is -2.13. The fourth-order valence-corrected chi connectivity index (χ4v) is 4.39. The number of hydrogen-bond donors (Lipinski definition) is 1. The highest BCUT2D eigenvalue weighted by Crippen LogP contribution is 2.40. The molecule has 0 amide bonds. The summed E-state index contributed by atoms with van der Waals surface area (Å²) in [7, 11) is 0. The zero-order chi connectivity index (χ0) is 17.8. The van der Waals surface area contributed by atoms with E-state index in [1.165, 1.54) is 54.5 Å². The Kier molecular flexibility index (Phi) is 2.95. The Morgan fingerprint density at radius 3 is 1.81 bits per heavy atom. The van der Waals surface area contributed by atoms with Crippen molar-refractivity contribution >= 4 is 43.4 Å². The van der Waals surface area contributed by atoms with Crippen molar-refractivity contribution < 1.29 is 0 Å². The monoisotopic (exact) mass is 343 g/mol. The van der Waals surface area contributed by atoms with Crippen molar-refractivity contribution in [2.24, 2.45) is 0 Å². The maximum atomic E-state index is 3.67. The summed E-state index contributed by atoms with van der Waals surface area (Å²) in [5.41, 5.74) is 4.96. The van der Waals surface area contributed by atoms with Gasteiger partial charge in [0.1, 0.15) is 0 Å². The molecule has 6 rings (SSSR count). The molecule has 6 aromatic rings. The standard InChI is InChI=1S/C26H17N/c1-3-10-19-17(8-1)16-18-9-2-4-11-20(18)25(19)23-14-7-13-22-21-12-5-6-15-24(21)27-26(22)23/h1-16,27H. The maximum absolute atomic E-state index is 3.67. The third kappa shape index (κ3) is 2.06. The van der Waals surface area contributed by atoms with Gasteiger partial charge in [0.15, 0.2) is 0 Å². The van der Waals surface area contributed by atoms with Crippen LogP contribution in [0.1, 0.15) is 0 Å². The van der Waals surface area contributed by atoms with E-state index >= 15 is 0 Å². The van der Waals surface area contributed by atoms with E-state index in [0.29, 0.717) is 0 Å². The molecule has 0 saturated heterocycles. The fourth-order valence-electron chi connectivity index (χ4n) is 4.39. The molecule has 0 fully saturated rings. The lowest BCUT2D eigenvalue weighted by Crippen LogP contribution is -1.87. The number of rotatable bonds is 1. The number of aromatic nitrogens is 1. The SMILES string of the molecule is c1ccc2c(-c3cccc4c3[nH]c3ccccc34)c3ccccc3cc2c1. The van der Waals surface area contributed by atoms with Crippen LogP contribution in [-0.2, 0) is 0 Å². The molecular weight excluding hydrogens is 326 g/mol. The highest BCUT2D eigenvalue weighted by Gasteiger charge is 2.14. The van der Waals surface area contributed by atoms with Crippen molar-refractivity contribution in [2.45, 2.75) is 0 Å². The molecule has 0 aliphatic heterocycles. The second-order valence-electron chi connectivity index (χ2n) is 7.09. The summed E-state index contributed by atoms with van der Waals surface area (Å²) < 4.78 is 0. The topological polar surface area (TPSA) is 15.8 Å². The second kappa shape index (κ2) is 5.46. The van der Waals surface area contributed by atoms with Crippen molar-refractivity contribution in [3.63, 3.8) is 0 Å². The predicted octanol–water partition coefficient (Wildman–Crippen LogP) is 7.29. The average Bonchev–Trinajstić information content (AvgIpc) is 3.11. The summed E-state index contributed by atoms with van der Waals surface area (Å²) in [5.74, 6) is 0. The Morgan fingerprint density at radius 2 is 1.07 bits per heavy atom. The Labute approximate surface area is 156 Å². The molecule has 1 nitrogen and oxygen atoms in total. The van der Waals surface area contributed by atoms with Gasteiger partial charge in [-0.05, 0) is 39.2 Å². The van der Waals surface area contributed by atoms with Crippen LogP contribution in [0.2, 0.25) is 0 Å². The van der Waals surface area contributed by atoms with Gasteiger partial charge in [0.2, 0.25) is 0 Å². The van der Waals surface area contributed by atoms with Gasteiger partial charge in [0, 0.05) is 21.9 Å². The van der Waals surface area contributed by atoms with Gasteiger partial charge < -0.3 is 4.98 Å². The van der Waals surface area contributed by atoms with Crippen molar-refractivity contribution in [1.29, 1.82) is 0 Å². The van der Waals surface area contributed by atoms with Gasteiger partial charge in [-0.15, -0.1) is 0 Å². The molecule has 0 spiro atoms. The number of H-pyrrole nitrogens is 1.